The molecule has 0 saturated carbocycles. The van der Waals surface area contributed by atoms with Crippen molar-refractivity contribution in [2.24, 2.45) is 4.99 Å². The van der Waals surface area contributed by atoms with E-state index >= 15 is 0 Å². The van der Waals surface area contributed by atoms with E-state index in [9.17, 15) is 0 Å². The van der Waals surface area contributed by atoms with Gasteiger partial charge in [0.05, 0.1) is 6.54 Å². The SMILES string of the molecule is CCNC(=NCC1(NC(C)c2ccccc2)CCOCC1)NC1CC2CCCC(C1)N2C. The summed E-state index contributed by atoms with van der Waals surface area (Å²) in [5, 5.41) is 11.3. The number of benzene rings is 1. The molecular weight excluding hydrogens is 398 g/mol. The van der Waals surface area contributed by atoms with Gasteiger partial charge < -0.3 is 25.6 Å². The Labute approximate surface area is 194 Å². The van der Waals surface area contributed by atoms with Crippen molar-refractivity contribution in [2.45, 2.75) is 88.5 Å². The predicted octanol–water partition coefficient (Wildman–Crippen LogP) is 3.46. The van der Waals surface area contributed by atoms with Gasteiger partial charge in [-0.25, -0.2) is 0 Å². The van der Waals surface area contributed by atoms with Gasteiger partial charge in [-0.2, -0.15) is 0 Å². The summed E-state index contributed by atoms with van der Waals surface area (Å²) in [5.74, 6) is 0.972. The quantitative estimate of drug-likeness (QED) is 0.447. The largest absolute Gasteiger partial charge is 0.381 e. The van der Waals surface area contributed by atoms with E-state index in [-0.39, 0.29) is 11.6 Å². The van der Waals surface area contributed by atoms with E-state index in [2.05, 4.69) is 72.1 Å². The summed E-state index contributed by atoms with van der Waals surface area (Å²) in [5.41, 5.74) is 1.30. The van der Waals surface area contributed by atoms with Crippen LogP contribution in [-0.4, -0.2) is 67.9 Å². The Kier molecular flexibility index (Phi) is 8.08. The van der Waals surface area contributed by atoms with Crippen LogP contribution < -0.4 is 16.0 Å². The number of aliphatic imine (C=N–C) groups is 1. The first-order valence-electron chi connectivity index (χ1n) is 12.8. The smallest absolute Gasteiger partial charge is 0.191 e. The second-order valence-corrected chi connectivity index (χ2v) is 10.1. The first-order valence-corrected chi connectivity index (χ1v) is 12.8. The minimum Gasteiger partial charge on any atom is -0.381 e. The van der Waals surface area contributed by atoms with Gasteiger partial charge >= 0.3 is 0 Å². The zero-order valence-electron chi connectivity index (χ0n) is 20.3. The molecule has 1 aromatic carbocycles. The highest BCUT2D eigenvalue weighted by atomic mass is 16.5. The maximum atomic E-state index is 5.72. The Morgan fingerprint density at radius 1 is 1.16 bits per heavy atom. The summed E-state index contributed by atoms with van der Waals surface area (Å²) >= 11 is 0. The Morgan fingerprint density at radius 2 is 1.84 bits per heavy atom. The first-order chi connectivity index (χ1) is 15.6. The maximum absolute atomic E-state index is 5.72. The summed E-state index contributed by atoms with van der Waals surface area (Å²) in [7, 11) is 2.32. The van der Waals surface area contributed by atoms with Gasteiger partial charge in [0.15, 0.2) is 5.96 Å². The number of nitrogens with zero attached hydrogens (tertiary/aromatic N) is 2. The van der Waals surface area contributed by atoms with Crippen molar-refractivity contribution < 1.29 is 4.74 Å². The molecule has 0 radical (unpaired) electrons. The van der Waals surface area contributed by atoms with Crippen molar-refractivity contribution in [2.75, 3.05) is 33.4 Å². The molecule has 4 rings (SSSR count). The highest BCUT2D eigenvalue weighted by Gasteiger charge is 2.37. The zero-order chi connectivity index (χ0) is 22.4. The predicted molar refractivity (Wildman–Crippen MR) is 132 cm³/mol. The van der Waals surface area contributed by atoms with Gasteiger partial charge in [0, 0.05) is 49.5 Å². The third-order valence-electron chi connectivity index (χ3n) is 7.84. The van der Waals surface area contributed by atoms with Crippen molar-refractivity contribution >= 4 is 5.96 Å². The number of ether oxygens (including phenoxy) is 1. The molecule has 6 heteroatoms. The summed E-state index contributed by atoms with van der Waals surface area (Å²) < 4.78 is 5.72. The standard InChI is InChI=1S/C26H43N5O/c1-4-27-25(29-22-17-23-11-8-12-24(18-22)31(23)3)28-19-26(13-15-32-16-14-26)30-20(2)21-9-6-5-7-10-21/h5-7,9-10,20,22-24,30H,4,8,11-19H2,1-3H3,(H2,27,28,29). The van der Waals surface area contributed by atoms with Crippen LogP contribution in [0, 0.1) is 0 Å². The molecule has 3 unspecified atom stereocenters. The molecule has 3 heterocycles. The van der Waals surface area contributed by atoms with Crippen LogP contribution in [0.1, 0.15) is 70.4 Å². The molecule has 0 aliphatic carbocycles. The van der Waals surface area contributed by atoms with E-state index in [0.717, 1.165) is 57.2 Å². The van der Waals surface area contributed by atoms with Crippen molar-refractivity contribution in [3.05, 3.63) is 35.9 Å². The summed E-state index contributed by atoms with van der Waals surface area (Å²) in [6.45, 7) is 7.66. The molecule has 178 valence electrons. The molecule has 0 aromatic heterocycles. The first kappa shape index (κ1) is 23.5. The van der Waals surface area contributed by atoms with Gasteiger partial charge in [0.2, 0.25) is 0 Å². The van der Waals surface area contributed by atoms with Crippen LogP contribution in [0.2, 0.25) is 0 Å². The van der Waals surface area contributed by atoms with Crippen molar-refractivity contribution in [3.63, 3.8) is 0 Å². The van der Waals surface area contributed by atoms with Gasteiger partial charge in [-0.05, 0) is 65.0 Å². The monoisotopic (exact) mass is 441 g/mol. The molecular formula is C26H43N5O. The van der Waals surface area contributed by atoms with Gasteiger partial charge in [0.1, 0.15) is 0 Å². The number of rotatable bonds is 7. The van der Waals surface area contributed by atoms with Crippen molar-refractivity contribution in [3.8, 4) is 0 Å². The lowest BCUT2D eigenvalue weighted by molar-refractivity contribution is 0.0373. The number of guanidine groups is 1. The number of hydrogen-bond acceptors (Lipinski definition) is 4. The second kappa shape index (κ2) is 11.0. The molecule has 3 N–H and O–H groups in total. The Balaban J connectivity index is 1.43. The number of fused-ring (bicyclic) bond motifs is 2. The fourth-order valence-corrected chi connectivity index (χ4v) is 5.87. The average Bonchev–Trinajstić information content (AvgIpc) is 2.79. The maximum Gasteiger partial charge on any atom is 0.191 e. The number of piperidine rings is 2. The van der Waals surface area contributed by atoms with Crippen LogP contribution in [0.15, 0.2) is 35.3 Å². The molecule has 0 amide bonds. The Morgan fingerprint density at radius 3 is 2.50 bits per heavy atom. The van der Waals surface area contributed by atoms with Crippen molar-refractivity contribution in [1.29, 1.82) is 0 Å². The minimum absolute atomic E-state index is 0.0286. The van der Waals surface area contributed by atoms with Crippen LogP contribution in [0.3, 0.4) is 0 Å². The van der Waals surface area contributed by atoms with Gasteiger partial charge in [0.25, 0.3) is 0 Å². The highest BCUT2D eigenvalue weighted by molar-refractivity contribution is 5.80. The molecule has 6 nitrogen and oxygen atoms in total. The minimum atomic E-state index is -0.0286. The van der Waals surface area contributed by atoms with E-state index in [4.69, 9.17) is 9.73 Å². The van der Waals surface area contributed by atoms with E-state index in [1.807, 2.05) is 0 Å². The van der Waals surface area contributed by atoms with Crippen molar-refractivity contribution in [1.82, 2.24) is 20.9 Å². The Hall–Kier alpha value is -1.63. The third-order valence-corrected chi connectivity index (χ3v) is 7.84. The molecule has 3 aliphatic heterocycles. The van der Waals surface area contributed by atoms with Crippen LogP contribution in [0.4, 0.5) is 0 Å². The lowest BCUT2D eigenvalue weighted by atomic mass is 9.82. The lowest BCUT2D eigenvalue weighted by Gasteiger charge is -2.47. The normalized spacial score (nSPS) is 29.3. The summed E-state index contributed by atoms with van der Waals surface area (Å²) in [6, 6.07) is 13.0. The van der Waals surface area contributed by atoms with E-state index < -0.39 is 0 Å². The summed E-state index contributed by atoms with van der Waals surface area (Å²) in [4.78, 5) is 7.75. The molecule has 3 aliphatic rings. The molecule has 3 fully saturated rings. The third kappa shape index (κ3) is 5.83. The fraction of sp³-hybridized carbons (Fsp3) is 0.731. The van der Waals surface area contributed by atoms with Gasteiger partial charge in [-0.15, -0.1) is 0 Å². The van der Waals surface area contributed by atoms with Crippen LogP contribution in [0.25, 0.3) is 0 Å². The highest BCUT2D eigenvalue weighted by Crippen LogP contribution is 2.32. The lowest BCUT2D eigenvalue weighted by Crippen LogP contribution is -2.57. The fourth-order valence-electron chi connectivity index (χ4n) is 5.87. The van der Waals surface area contributed by atoms with Crippen LogP contribution >= 0.6 is 0 Å². The van der Waals surface area contributed by atoms with E-state index in [0.29, 0.717) is 6.04 Å². The van der Waals surface area contributed by atoms with Crippen LogP contribution in [0.5, 0.6) is 0 Å². The molecule has 32 heavy (non-hydrogen) atoms. The molecule has 3 saturated heterocycles. The van der Waals surface area contributed by atoms with Gasteiger partial charge in [-0.1, -0.05) is 36.8 Å². The molecule has 0 spiro atoms. The second-order valence-electron chi connectivity index (χ2n) is 10.1. The number of hydrogen-bond donors (Lipinski definition) is 3. The number of nitrogens with one attached hydrogen (secondary N) is 3. The Bertz CT molecular complexity index is 719. The zero-order valence-corrected chi connectivity index (χ0v) is 20.3. The topological polar surface area (TPSA) is 60.9 Å². The average molecular weight is 442 g/mol. The molecule has 3 atom stereocenters. The van der Waals surface area contributed by atoms with Crippen LogP contribution in [-0.2, 0) is 4.74 Å². The molecule has 1 aromatic rings. The van der Waals surface area contributed by atoms with E-state index in [1.165, 1.54) is 37.7 Å². The van der Waals surface area contributed by atoms with E-state index in [1.54, 1.807) is 0 Å². The van der Waals surface area contributed by atoms with Gasteiger partial charge in [-0.3, -0.25) is 4.99 Å². The molecule has 2 bridgehead atoms. The summed E-state index contributed by atoms with van der Waals surface area (Å²) in [6.07, 6.45) is 8.49.